The van der Waals surface area contributed by atoms with E-state index in [1.54, 1.807) is 6.07 Å². The molecule has 1 heterocycles. The number of ether oxygens (including phenoxy) is 2. The van der Waals surface area contributed by atoms with E-state index < -0.39 is 42.5 Å². The molecule has 1 atom stereocenters. The lowest BCUT2D eigenvalue weighted by molar-refractivity contribution is -0.240. The molecular weight excluding hydrogens is 514 g/mol. The van der Waals surface area contributed by atoms with E-state index in [1.165, 1.54) is 30.3 Å². The number of benzene rings is 2. The van der Waals surface area contributed by atoms with Gasteiger partial charge in [-0.25, -0.2) is 4.79 Å². The number of hydrogen-bond donors (Lipinski definition) is 0. The van der Waals surface area contributed by atoms with Gasteiger partial charge in [-0.1, -0.05) is 38.5 Å². The summed E-state index contributed by atoms with van der Waals surface area (Å²) in [5, 5.41) is 0.450. The second kappa shape index (κ2) is 11.5. The van der Waals surface area contributed by atoms with Crippen molar-refractivity contribution in [3.63, 3.8) is 0 Å². The van der Waals surface area contributed by atoms with Crippen molar-refractivity contribution in [2.75, 3.05) is 13.2 Å². The molecule has 0 saturated carbocycles. The maximum absolute atomic E-state index is 13.9. The van der Waals surface area contributed by atoms with Crippen LogP contribution in [0.25, 0.3) is 22.3 Å². The normalized spacial score (nSPS) is 13.8. The maximum Gasteiger partial charge on any atom is 0.417 e. The number of alkyl halides is 6. The van der Waals surface area contributed by atoms with Crippen LogP contribution in [0.5, 0.6) is 5.75 Å². The van der Waals surface area contributed by atoms with Crippen LogP contribution >= 0.6 is 0 Å². The van der Waals surface area contributed by atoms with Gasteiger partial charge in [0.25, 0.3) is 0 Å². The Bertz CT molecular complexity index is 1270. The number of carbonyl (C=O) groups excluding carboxylic acids is 1. The Labute approximate surface area is 216 Å². The van der Waals surface area contributed by atoms with Gasteiger partial charge >= 0.3 is 18.3 Å². The summed E-state index contributed by atoms with van der Waals surface area (Å²) in [7, 11) is 0. The van der Waals surface area contributed by atoms with Crippen LogP contribution < -0.4 is 4.74 Å². The Kier molecular flexibility index (Phi) is 8.84. The minimum absolute atomic E-state index is 0.00578. The van der Waals surface area contributed by atoms with Crippen molar-refractivity contribution >= 4 is 16.9 Å². The van der Waals surface area contributed by atoms with Gasteiger partial charge in [-0.3, -0.25) is 0 Å². The third kappa shape index (κ3) is 6.90. The Morgan fingerprint density at radius 2 is 1.74 bits per heavy atom. The smallest absolute Gasteiger partial charge is 0.417 e. The highest BCUT2D eigenvalue weighted by Crippen LogP contribution is 2.41. The van der Waals surface area contributed by atoms with Crippen LogP contribution in [-0.4, -0.2) is 25.4 Å². The van der Waals surface area contributed by atoms with Gasteiger partial charge in [0.05, 0.1) is 5.56 Å². The minimum atomic E-state index is -4.76. The molecule has 0 N–H and O–H groups in total. The summed E-state index contributed by atoms with van der Waals surface area (Å²) < 4.78 is 98.2. The monoisotopic (exact) mass is 542 g/mol. The van der Waals surface area contributed by atoms with E-state index >= 15 is 0 Å². The van der Waals surface area contributed by atoms with E-state index in [1.807, 2.05) is 6.92 Å². The van der Waals surface area contributed by atoms with E-state index in [9.17, 15) is 31.1 Å². The average molecular weight is 543 g/mol. The fourth-order valence-corrected chi connectivity index (χ4v) is 3.75. The molecule has 4 nitrogen and oxygen atoms in total. The third-order valence-corrected chi connectivity index (χ3v) is 6.16. The van der Waals surface area contributed by atoms with Gasteiger partial charge in [0, 0.05) is 23.1 Å². The summed E-state index contributed by atoms with van der Waals surface area (Å²) in [6, 6.07) is 9.75. The van der Waals surface area contributed by atoms with Gasteiger partial charge < -0.3 is 13.9 Å². The van der Waals surface area contributed by atoms with Crippen molar-refractivity contribution in [2.24, 2.45) is 5.41 Å². The van der Waals surface area contributed by atoms with Gasteiger partial charge in [0.2, 0.25) is 0 Å². The number of esters is 1. The Hall–Kier alpha value is -3.43. The number of furan rings is 1. The van der Waals surface area contributed by atoms with Crippen LogP contribution in [0.3, 0.4) is 0 Å². The number of hydrogen-bond acceptors (Lipinski definition) is 4. The highest BCUT2D eigenvalue weighted by molar-refractivity contribution is 5.84. The number of carbonyl (C=O) groups is 1. The Morgan fingerprint density at radius 1 is 1.00 bits per heavy atom. The predicted octanol–water partition coefficient (Wildman–Crippen LogP) is 8.53. The molecule has 10 heteroatoms. The van der Waals surface area contributed by atoms with E-state index in [-0.39, 0.29) is 22.7 Å². The maximum atomic E-state index is 13.9. The first-order valence-corrected chi connectivity index (χ1v) is 12.0. The lowest BCUT2D eigenvalue weighted by atomic mass is 9.92. The molecule has 0 aliphatic carbocycles. The molecule has 1 aromatic heterocycles. The molecule has 38 heavy (non-hydrogen) atoms. The number of aryl methyl sites for hydroxylation is 1. The minimum Gasteiger partial charge on any atom is -0.492 e. The zero-order valence-corrected chi connectivity index (χ0v) is 21.0. The van der Waals surface area contributed by atoms with Crippen LogP contribution in [0.2, 0.25) is 0 Å². The van der Waals surface area contributed by atoms with Crippen LogP contribution in [0.15, 0.2) is 59.5 Å². The first-order valence-electron chi connectivity index (χ1n) is 12.0. The molecule has 0 radical (unpaired) electrons. The fourth-order valence-electron chi connectivity index (χ4n) is 3.75. The molecule has 1 unspecified atom stereocenters. The molecular formula is C28H28F6O4. The lowest BCUT2D eigenvalue weighted by Crippen LogP contribution is -2.44. The summed E-state index contributed by atoms with van der Waals surface area (Å²) in [5.74, 6) is -1.02. The molecule has 0 saturated heterocycles. The van der Waals surface area contributed by atoms with Gasteiger partial charge in [-0.2, -0.15) is 26.3 Å². The molecule has 206 valence electrons. The number of fused-ring (bicyclic) bond motifs is 1. The zero-order valence-electron chi connectivity index (χ0n) is 21.0. The molecule has 0 aliphatic rings. The van der Waals surface area contributed by atoms with Crippen molar-refractivity contribution in [2.45, 2.75) is 51.9 Å². The average Bonchev–Trinajstić information content (AvgIpc) is 3.28. The standard InChI is InChI=1S/C28H28F6O4/c1-4-6-7-8-18-9-12-21(22(13-18)27(29,30)31)24-14-19-10-11-20(15-23(19)38-24)36-16-26(3,28(32,33)34)17-37-25(35)5-2/h5,9-15H,2,4,6-8,16-17H2,1,3H3. The summed E-state index contributed by atoms with van der Waals surface area (Å²) in [4.78, 5) is 11.3. The predicted molar refractivity (Wildman–Crippen MR) is 131 cm³/mol. The molecule has 0 bridgehead atoms. The second-order valence-electron chi connectivity index (χ2n) is 9.30. The van der Waals surface area contributed by atoms with E-state index in [4.69, 9.17) is 9.15 Å². The van der Waals surface area contributed by atoms with E-state index in [0.717, 1.165) is 38.3 Å². The SMILES string of the molecule is C=CC(=O)OCC(C)(COc1ccc2cc(-c3ccc(CCCCC)cc3C(F)(F)F)oc2c1)C(F)(F)F. The largest absolute Gasteiger partial charge is 0.492 e. The molecule has 0 spiro atoms. The summed E-state index contributed by atoms with van der Waals surface area (Å²) >= 11 is 0. The van der Waals surface area contributed by atoms with Crippen LogP contribution in [0.4, 0.5) is 26.3 Å². The summed E-state index contributed by atoms with van der Waals surface area (Å²) in [6.07, 6.45) is -5.43. The molecule has 3 aromatic rings. The Morgan fingerprint density at radius 3 is 2.37 bits per heavy atom. The fraction of sp³-hybridized carbons (Fsp3) is 0.393. The first kappa shape index (κ1) is 29.1. The van der Waals surface area contributed by atoms with E-state index in [2.05, 4.69) is 11.3 Å². The number of unbranched alkanes of at least 4 members (excludes halogenated alkanes) is 2. The van der Waals surface area contributed by atoms with Crippen molar-refractivity contribution in [1.29, 1.82) is 0 Å². The molecule has 0 fully saturated rings. The van der Waals surface area contributed by atoms with Crippen LogP contribution in [0, 0.1) is 5.41 Å². The molecule has 0 aliphatic heterocycles. The highest BCUT2D eigenvalue weighted by atomic mass is 19.4. The Balaban J connectivity index is 1.86. The van der Waals surface area contributed by atoms with Crippen LogP contribution in [-0.2, 0) is 22.1 Å². The van der Waals surface area contributed by atoms with E-state index in [0.29, 0.717) is 17.4 Å². The van der Waals surface area contributed by atoms with Gasteiger partial charge in [0.15, 0.2) is 0 Å². The van der Waals surface area contributed by atoms with Gasteiger partial charge in [0.1, 0.15) is 35.7 Å². The zero-order chi connectivity index (χ0) is 28.1. The third-order valence-electron chi connectivity index (χ3n) is 6.16. The molecule has 2 aromatic carbocycles. The quantitative estimate of drug-likeness (QED) is 0.105. The molecule has 0 amide bonds. The van der Waals surface area contributed by atoms with Crippen LogP contribution in [0.1, 0.15) is 44.2 Å². The summed E-state index contributed by atoms with van der Waals surface area (Å²) in [6.45, 7) is 4.14. The van der Waals surface area contributed by atoms with Crippen molar-refractivity contribution in [1.82, 2.24) is 0 Å². The van der Waals surface area contributed by atoms with Crippen molar-refractivity contribution in [3.05, 3.63) is 66.2 Å². The first-order chi connectivity index (χ1) is 17.8. The molecule has 3 rings (SSSR count). The summed E-state index contributed by atoms with van der Waals surface area (Å²) in [5.41, 5.74) is -2.76. The number of rotatable bonds is 11. The highest BCUT2D eigenvalue weighted by Gasteiger charge is 2.53. The second-order valence-corrected chi connectivity index (χ2v) is 9.30. The van der Waals surface area contributed by atoms with Gasteiger partial charge in [-0.15, -0.1) is 0 Å². The van der Waals surface area contributed by atoms with Gasteiger partial charge in [-0.05, 0) is 49.6 Å². The topological polar surface area (TPSA) is 48.7 Å². The lowest BCUT2D eigenvalue weighted by Gasteiger charge is -2.31. The van der Waals surface area contributed by atoms with Crippen molar-refractivity contribution < 1.29 is 45.0 Å². The number of halogens is 6. The van der Waals surface area contributed by atoms with Crippen molar-refractivity contribution in [3.8, 4) is 17.1 Å².